The molecule has 19 heavy (non-hydrogen) atoms. The molecule has 1 aromatic carbocycles. The summed E-state index contributed by atoms with van der Waals surface area (Å²) in [5, 5.41) is 6.53. The molecule has 1 N–H and O–H groups in total. The topological polar surface area (TPSA) is 34.1 Å². The number of rotatable bonds is 3. The number of ether oxygens (including phenoxy) is 1. The molecule has 0 spiro atoms. The highest BCUT2D eigenvalue weighted by Gasteiger charge is 2.19. The van der Waals surface area contributed by atoms with E-state index < -0.39 is 0 Å². The molecule has 3 nitrogen and oxygen atoms in total. The molecule has 1 aliphatic rings. The van der Waals surface area contributed by atoms with E-state index in [1.807, 2.05) is 0 Å². The molecule has 2 heterocycles. The van der Waals surface area contributed by atoms with Gasteiger partial charge in [-0.05, 0) is 12.0 Å². The highest BCUT2D eigenvalue weighted by atomic mass is 32.1. The summed E-state index contributed by atoms with van der Waals surface area (Å²) in [6, 6.07) is 8.65. The van der Waals surface area contributed by atoms with Crippen molar-refractivity contribution in [1.82, 2.24) is 10.3 Å². The average Bonchev–Trinajstić information content (AvgIpc) is 2.98. The molecule has 1 saturated heterocycles. The van der Waals surface area contributed by atoms with Crippen LogP contribution in [0.25, 0.3) is 11.3 Å². The molecular weight excluding hydrogens is 256 g/mol. The third-order valence-electron chi connectivity index (χ3n) is 3.38. The lowest BCUT2D eigenvalue weighted by atomic mass is 10.1. The Morgan fingerprint density at radius 3 is 2.89 bits per heavy atom. The average molecular weight is 274 g/mol. The number of aromatic nitrogens is 1. The van der Waals surface area contributed by atoms with Gasteiger partial charge in [-0.1, -0.05) is 31.2 Å². The Balaban J connectivity index is 1.79. The van der Waals surface area contributed by atoms with E-state index in [1.54, 1.807) is 11.3 Å². The van der Waals surface area contributed by atoms with Gasteiger partial charge in [0, 0.05) is 24.0 Å². The van der Waals surface area contributed by atoms with Crippen LogP contribution in [0.1, 0.15) is 23.6 Å². The van der Waals surface area contributed by atoms with Crippen molar-refractivity contribution in [3.8, 4) is 11.3 Å². The molecule has 0 radical (unpaired) electrons. The molecule has 100 valence electrons. The third-order valence-corrected chi connectivity index (χ3v) is 4.32. The van der Waals surface area contributed by atoms with Gasteiger partial charge < -0.3 is 10.1 Å². The van der Waals surface area contributed by atoms with Gasteiger partial charge in [-0.15, -0.1) is 11.3 Å². The van der Waals surface area contributed by atoms with Crippen molar-refractivity contribution in [3.05, 3.63) is 40.2 Å². The van der Waals surface area contributed by atoms with E-state index in [-0.39, 0.29) is 6.10 Å². The van der Waals surface area contributed by atoms with Gasteiger partial charge in [0.15, 0.2) is 0 Å². The minimum atomic E-state index is 0.113. The zero-order valence-electron chi connectivity index (χ0n) is 11.1. The summed E-state index contributed by atoms with van der Waals surface area (Å²) in [5.41, 5.74) is 3.60. The quantitative estimate of drug-likeness (QED) is 0.934. The zero-order valence-corrected chi connectivity index (χ0v) is 11.9. The second-order valence-electron chi connectivity index (χ2n) is 4.69. The first-order chi connectivity index (χ1) is 9.36. The lowest BCUT2D eigenvalue weighted by Gasteiger charge is -2.21. The van der Waals surface area contributed by atoms with E-state index >= 15 is 0 Å². The molecule has 0 bridgehead atoms. The largest absolute Gasteiger partial charge is 0.368 e. The smallest absolute Gasteiger partial charge is 0.124 e. The van der Waals surface area contributed by atoms with Crippen molar-refractivity contribution in [2.75, 3.05) is 19.7 Å². The normalized spacial score (nSPS) is 19.5. The lowest BCUT2D eigenvalue weighted by molar-refractivity contribution is 0.0276. The standard InChI is InChI=1S/C15H18N2OS/c1-2-11-3-5-12(6-4-11)13-10-19-15(17-13)14-9-16-7-8-18-14/h3-6,10,14,16H,2,7-9H2,1H3. The fourth-order valence-electron chi connectivity index (χ4n) is 2.20. The molecule has 0 aliphatic carbocycles. The highest BCUT2D eigenvalue weighted by Crippen LogP contribution is 2.28. The monoisotopic (exact) mass is 274 g/mol. The second-order valence-corrected chi connectivity index (χ2v) is 5.57. The van der Waals surface area contributed by atoms with Gasteiger partial charge in [0.25, 0.3) is 0 Å². The number of hydrogen-bond donors (Lipinski definition) is 1. The molecule has 0 amide bonds. The molecule has 4 heteroatoms. The van der Waals surface area contributed by atoms with Crippen LogP contribution in [0.4, 0.5) is 0 Å². The number of aryl methyl sites for hydroxylation is 1. The Morgan fingerprint density at radius 1 is 1.37 bits per heavy atom. The van der Waals surface area contributed by atoms with E-state index in [4.69, 9.17) is 9.72 Å². The van der Waals surface area contributed by atoms with Gasteiger partial charge in [-0.25, -0.2) is 4.98 Å². The Hall–Kier alpha value is -1.23. The van der Waals surface area contributed by atoms with Gasteiger partial charge in [-0.3, -0.25) is 0 Å². The number of hydrogen-bond acceptors (Lipinski definition) is 4. The predicted molar refractivity (Wildman–Crippen MR) is 78.5 cm³/mol. The summed E-state index contributed by atoms with van der Waals surface area (Å²) in [4.78, 5) is 4.71. The molecule has 3 rings (SSSR count). The first-order valence-corrected chi connectivity index (χ1v) is 7.62. The summed E-state index contributed by atoms with van der Waals surface area (Å²) >= 11 is 1.68. The number of nitrogens with one attached hydrogen (secondary N) is 1. The van der Waals surface area contributed by atoms with Gasteiger partial charge in [0.2, 0.25) is 0 Å². The molecular formula is C15H18N2OS. The minimum absolute atomic E-state index is 0.113. The molecule has 2 aromatic rings. The molecule has 1 aromatic heterocycles. The van der Waals surface area contributed by atoms with Crippen molar-refractivity contribution in [2.45, 2.75) is 19.4 Å². The molecule has 0 saturated carbocycles. The Labute approximate surface area is 117 Å². The third kappa shape index (κ3) is 2.86. The summed E-state index contributed by atoms with van der Waals surface area (Å²) in [6.07, 6.45) is 1.19. The van der Waals surface area contributed by atoms with Crippen LogP contribution < -0.4 is 5.32 Å². The molecule has 1 unspecified atom stereocenters. The minimum Gasteiger partial charge on any atom is -0.368 e. The first-order valence-electron chi connectivity index (χ1n) is 6.74. The van der Waals surface area contributed by atoms with Crippen LogP contribution in [-0.2, 0) is 11.2 Å². The van der Waals surface area contributed by atoms with Crippen molar-refractivity contribution in [3.63, 3.8) is 0 Å². The van der Waals surface area contributed by atoms with Crippen LogP contribution in [0.2, 0.25) is 0 Å². The van der Waals surface area contributed by atoms with E-state index in [9.17, 15) is 0 Å². The van der Waals surface area contributed by atoms with Gasteiger partial charge in [0.1, 0.15) is 11.1 Å². The van der Waals surface area contributed by atoms with Crippen LogP contribution in [0.15, 0.2) is 29.6 Å². The van der Waals surface area contributed by atoms with E-state index in [2.05, 4.69) is 41.9 Å². The number of morpholine rings is 1. The maximum Gasteiger partial charge on any atom is 0.124 e. The summed E-state index contributed by atoms with van der Waals surface area (Å²) in [7, 11) is 0. The van der Waals surface area contributed by atoms with Crippen LogP contribution in [-0.4, -0.2) is 24.7 Å². The fraction of sp³-hybridized carbons (Fsp3) is 0.400. The number of benzene rings is 1. The van der Waals surface area contributed by atoms with Crippen molar-refractivity contribution >= 4 is 11.3 Å². The first kappa shape index (κ1) is 12.8. The Morgan fingerprint density at radius 2 is 2.21 bits per heavy atom. The molecule has 1 fully saturated rings. The summed E-state index contributed by atoms with van der Waals surface area (Å²) in [6.45, 7) is 4.74. The lowest BCUT2D eigenvalue weighted by Crippen LogP contribution is -2.33. The van der Waals surface area contributed by atoms with Crippen molar-refractivity contribution in [1.29, 1.82) is 0 Å². The second kappa shape index (κ2) is 5.82. The van der Waals surface area contributed by atoms with Gasteiger partial charge in [0.05, 0.1) is 12.3 Å². The number of thiazole rings is 1. The van der Waals surface area contributed by atoms with Crippen LogP contribution in [0.3, 0.4) is 0 Å². The van der Waals surface area contributed by atoms with Gasteiger partial charge in [-0.2, -0.15) is 0 Å². The van der Waals surface area contributed by atoms with Crippen LogP contribution >= 0.6 is 11.3 Å². The zero-order chi connectivity index (χ0) is 13.1. The van der Waals surface area contributed by atoms with E-state index in [0.717, 1.165) is 36.8 Å². The predicted octanol–water partition coefficient (Wildman–Crippen LogP) is 3.03. The highest BCUT2D eigenvalue weighted by molar-refractivity contribution is 7.10. The molecule has 1 aliphatic heterocycles. The van der Waals surface area contributed by atoms with Crippen LogP contribution in [0, 0.1) is 0 Å². The van der Waals surface area contributed by atoms with Crippen LogP contribution in [0.5, 0.6) is 0 Å². The Bertz CT molecular complexity index is 529. The fourth-order valence-corrected chi connectivity index (χ4v) is 3.08. The van der Waals surface area contributed by atoms with Gasteiger partial charge >= 0.3 is 0 Å². The summed E-state index contributed by atoms with van der Waals surface area (Å²) < 4.78 is 5.74. The number of nitrogens with zero attached hydrogens (tertiary/aromatic N) is 1. The Kier molecular flexibility index (Phi) is 3.92. The molecule has 1 atom stereocenters. The maximum atomic E-state index is 5.74. The van der Waals surface area contributed by atoms with Crippen molar-refractivity contribution < 1.29 is 4.74 Å². The maximum absolute atomic E-state index is 5.74. The van der Waals surface area contributed by atoms with Crippen molar-refractivity contribution in [2.24, 2.45) is 0 Å². The summed E-state index contributed by atoms with van der Waals surface area (Å²) in [5.74, 6) is 0. The van der Waals surface area contributed by atoms with E-state index in [0.29, 0.717) is 0 Å². The van der Waals surface area contributed by atoms with E-state index in [1.165, 1.54) is 11.1 Å². The SMILES string of the molecule is CCc1ccc(-c2csc(C3CNCCO3)n2)cc1.